The number of hydrogen-bond acceptors (Lipinski definition) is 1. The molecule has 0 atom stereocenters. The van der Waals surface area contributed by atoms with E-state index in [4.69, 9.17) is 28.3 Å². The lowest BCUT2D eigenvalue weighted by molar-refractivity contribution is -0.130. The number of benzene rings is 1. The summed E-state index contributed by atoms with van der Waals surface area (Å²) < 4.78 is 0. The molecule has 0 aliphatic rings. The Morgan fingerprint density at radius 1 is 1.23 bits per heavy atom. The van der Waals surface area contributed by atoms with Crippen molar-refractivity contribution in [1.29, 1.82) is 0 Å². The summed E-state index contributed by atoms with van der Waals surface area (Å²) in [6, 6.07) is 4.54. The van der Waals surface area contributed by atoms with Crippen molar-refractivity contribution in [3.63, 3.8) is 0 Å². The van der Waals surface area contributed by atoms with E-state index in [0.717, 1.165) is 0 Å². The third-order valence-corrected chi connectivity index (χ3v) is 1.91. The molecule has 68 valence electrons. The normalized spacial score (nSPS) is 9.69. The van der Waals surface area contributed by atoms with Crippen LogP contribution in [0, 0.1) is 0 Å². The van der Waals surface area contributed by atoms with Gasteiger partial charge >= 0.3 is 5.97 Å². The van der Waals surface area contributed by atoms with Crippen LogP contribution in [0.1, 0.15) is 5.56 Å². The van der Waals surface area contributed by atoms with Gasteiger partial charge in [-0.05, 0) is 23.8 Å². The summed E-state index contributed by atoms with van der Waals surface area (Å²) in [6.45, 7) is 3.39. The van der Waals surface area contributed by atoms with Crippen LogP contribution in [0.2, 0.25) is 10.0 Å². The highest BCUT2D eigenvalue weighted by atomic mass is 35.5. The highest BCUT2D eigenvalue weighted by molar-refractivity contribution is 6.35. The SMILES string of the molecule is C=C(C(=O)O)c1cc(Cl)cc(Cl)c1. The summed E-state index contributed by atoms with van der Waals surface area (Å²) in [7, 11) is 0. The van der Waals surface area contributed by atoms with Gasteiger partial charge in [-0.25, -0.2) is 4.79 Å². The molecule has 4 heteroatoms. The number of hydrogen-bond donors (Lipinski definition) is 1. The quantitative estimate of drug-likeness (QED) is 0.772. The second kappa shape index (κ2) is 3.81. The lowest BCUT2D eigenvalue weighted by atomic mass is 10.1. The first-order valence-electron chi connectivity index (χ1n) is 3.39. The lowest BCUT2D eigenvalue weighted by Gasteiger charge is -2.01. The Morgan fingerprint density at radius 2 is 1.69 bits per heavy atom. The molecule has 0 unspecified atom stereocenters. The summed E-state index contributed by atoms with van der Waals surface area (Å²) in [5, 5.41) is 9.42. The first-order chi connectivity index (χ1) is 6.00. The molecule has 0 saturated heterocycles. The zero-order valence-electron chi connectivity index (χ0n) is 6.55. The molecule has 0 aromatic heterocycles. The lowest BCUT2D eigenvalue weighted by Crippen LogP contribution is -1.97. The Hall–Kier alpha value is -0.990. The van der Waals surface area contributed by atoms with Gasteiger partial charge in [-0.3, -0.25) is 0 Å². The van der Waals surface area contributed by atoms with Crippen molar-refractivity contribution in [2.45, 2.75) is 0 Å². The Balaban J connectivity index is 3.15. The Morgan fingerprint density at radius 3 is 2.08 bits per heavy atom. The molecule has 0 radical (unpaired) electrons. The van der Waals surface area contributed by atoms with Gasteiger partial charge in [0.1, 0.15) is 0 Å². The minimum atomic E-state index is -1.08. The first-order valence-corrected chi connectivity index (χ1v) is 4.15. The maximum atomic E-state index is 10.5. The monoisotopic (exact) mass is 216 g/mol. The zero-order valence-corrected chi connectivity index (χ0v) is 8.06. The minimum absolute atomic E-state index is 0.0237. The third-order valence-electron chi connectivity index (χ3n) is 1.47. The maximum Gasteiger partial charge on any atom is 0.335 e. The Kier molecular flexibility index (Phi) is 2.96. The van der Waals surface area contributed by atoms with Crippen LogP contribution in [0.5, 0.6) is 0 Å². The van der Waals surface area contributed by atoms with Crippen molar-refractivity contribution in [2.24, 2.45) is 0 Å². The van der Waals surface area contributed by atoms with Gasteiger partial charge in [0.2, 0.25) is 0 Å². The molecule has 13 heavy (non-hydrogen) atoms. The van der Waals surface area contributed by atoms with Gasteiger partial charge in [0.15, 0.2) is 0 Å². The fourth-order valence-electron chi connectivity index (χ4n) is 0.852. The number of carboxylic acid groups (broad SMARTS) is 1. The van der Waals surface area contributed by atoms with E-state index in [9.17, 15) is 4.79 Å². The molecular formula is C9H6Cl2O2. The molecule has 0 aliphatic heterocycles. The third kappa shape index (κ3) is 2.47. The van der Waals surface area contributed by atoms with E-state index in [-0.39, 0.29) is 5.57 Å². The van der Waals surface area contributed by atoms with Crippen LogP contribution in [0.3, 0.4) is 0 Å². The average Bonchev–Trinajstić information content (AvgIpc) is 2.01. The van der Waals surface area contributed by atoms with Crippen molar-refractivity contribution in [2.75, 3.05) is 0 Å². The van der Waals surface area contributed by atoms with Gasteiger partial charge in [0.25, 0.3) is 0 Å². The van der Waals surface area contributed by atoms with Gasteiger partial charge in [0, 0.05) is 10.0 Å². The Labute approximate surface area is 85.4 Å². The topological polar surface area (TPSA) is 37.3 Å². The predicted molar refractivity (Wildman–Crippen MR) is 53.1 cm³/mol. The maximum absolute atomic E-state index is 10.5. The van der Waals surface area contributed by atoms with Crippen LogP contribution in [-0.2, 0) is 4.79 Å². The van der Waals surface area contributed by atoms with Crippen molar-refractivity contribution in [1.82, 2.24) is 0 Å². The summed E-state index contributed by atoms with van der Waals surface area (Å²) >= 11 is 11.4. The van der Waals surface area contributed by atoms with Gasteiger partial charge in [-0.15, -0.1) is 0 Å². The molecule has 1 rings (SSSR count). The van der Waals surface area contributed by atoms with E-state index in [1.165, 1.54) is 18.2 Å². The molecule has 0 aliphatic carbocycles. The zero-order chi connectivity index (χ0) is 10.0. The standard InChI is InChI=1S/C9H6Cl2O2/c1-5(9(12)13)6-2-7(10)4-8(11)3-6/h2-4H,1H2,(H,12,13). The second-order valence-corrected chi connectivity index (χ2v) is 3.31. The van der Waals surface area contributed by atoms with Gasteiger partial charge in [-0.1, -0.05) is 29.8 Å². The summed E-state index contributed by atoms with van der Waals surface area (Å²) in [4.78, 5) is 10.5. The van der Waals surface area contributed by atoms with Crippen LogP contribution >= 0.6 is 23.2 Å². The smallest absolute Gasteiger partial charge is 0.335 e. The molecule has 0 bridgehead atoms. The van der Waals surface area contributed by atoms with E-state index in [0.29, 0.717) is 15.6 Å². The molecule has 1 aromatic carbocycles. The molecule has 1 N–H and O–H groups in total. The molecule has 0 fully saturated rings. The number of carboxylic acids is 1. The summed E-state index contributed by atoms with van der Waals surface area (Å²) in [5.41, 5.74) is 0.398. The number of aliphatic carboxylic acids is 1. The van der Waals surface area contributed by atoms with Gasteiger partial charge in [-0.2, -0.15) is 0 Å². The molecular weight excluding hydrogens is 211 g/mol. The first kappa shape index (κ1) is 10.1. The summed E-state index contributed by atoms with van der Waals surface area (Å²) in [6.07, 6.45) is 0. The van der Waals surface area contributed by atoms with Gasteiger partial charge < -0.3 is 5.11 Å². The van der Waals surface area contributed by atoms with Crippen LogP contribution in [-0.4, -0.2) is 11.1 Å². The molecule has 2 nitrogen and oxygen atoms in total. The minimum Gasteiger partial charge on any atom is -0.478 e. The molecule has 1 aromatic rings. The van der Waals surface area contributed by atoms with Crippen molar-refractivity contribution >= 4 is 34.7 Å². The highest BCUT2D eigenvalue weighted by Crippen LogP contribution is 2.23. The Bertz CT molecular complexity index is 352. The number of halogens is 2. The molecule has 0 saturated carbocycles. The largest absolute Gasteiger partial charge is 0.478 e. The molecule has 0 heterocycles. The van der Waals surface area contributed by atoms with Crippen LogP contribution in [0.4, 0.5) is 0 Å². The predicted octanol–water partition coefficient (Wildman–Crippen LogP) is 3.09. The fraction of sp³-hybridized carbons (Fsp3) is 0. The van der Waals surface area contributed by atoms with Crippen LogP contribution in [0.15, 0.2) is 24.8 Å². The van der Waals surface area contributed by atoms with E-state index in [2.05, 4.69) is 6.58 Å². The van der Waals surface area contributed by atoms with Crippen molar-refractivity contribution in [3.8, 4) is 0 Å². The van der Waals surface area contributed by atoms with Gasteiger partial charge in [0.05, 0.1) is 5.57 Å². The van der Waals surface area contributed by atoms with E-state index in [1.807, 2.05) is 0 Å². The average molecular weight is 217 g/mol. The summed E-state index contributed by atoms with van der Waals surface area (Å²) in [5.74, 6) is -1.08. The van der Waals surface area contributed by atoms with Crippen molar-refractivity contribution < 1.29 is 9.90 Å². The molecule has 0 amide bonds. The molecule has 0 spiro atoms. The van der Waals surface area contributed by atoms with Crippen LogP contribution < -0.4 is 0 Å². The second-order valence-electron chi connectivity index (χ2n) is 2.44. The number of rotatable bonds is 2. The van der Waals surface area contributed by atoms with E-state index >= 15 is 0 Å². The number of carbonyl (C=O) groups is 1. The fourth-order valence-corrected chi connectivity index (χ4v) is 1.38. The van der Waals surface area contributed by atoms with E-state index < -0.39 is 5.97 Å². The van der Waals surface area contributed by atoms with Crippen LogP contribution in [0.25, 0.3) is 5.57 Å². The highest BCUT2D eigenvalue weighted by Gasteiger charge is 2.08. The van der Waals surface area contributed by atoms with E-state index in [1.54, 1.807) is 0 Å². The van der Waals surface area contributed by atoms with Crippen molar-refractivity contribution in [3.05, 3.63) is 40.4 Å².